The Labute approximate surface area is 93.4 Å². The van der Waals surface area contributed by atoms with Crippen molar-refractivity contribution in [3.8, 4) is 0 Å². The predicted molar refractivity (Wildman–Crippen MR) is 58.9 cm³/mol. The van der Waals surface area contributed by atoms with Crippen LogP contribution in [0.4, 0.5) is 0 Å². The monoisotopic (exact) mass is 218 g/mol. The normalized spacial score (nSPS) is 21.4. The van der Waals surface area contributed by atoms with E-state index < -0.39 is 0 Å². The average Bonchev–Trinajstić information content (AvgIpc) is 2.74. The molecule has 2 aromatic rings. The van der Waals surface area contributed by atoms with Crippen LogP contribution < -0.4 is 0 Å². The van der Waals surface area contributed by atoms with Crippen molar-refractivity contribution >= 4 is 11.2 Å². The molecule has 16 heavy (non-hydrogen) atoms. The summed E-state index contributed by atoms with van der Waals surface area (Å²) in [7, 11) is 0. The molecule has 1 saturated heterocycles. The molecule has 0 bridgehead atoms. The van der Waals surface area contributed by atoms with Gasteiger partial charge in [0.15, 0.2) is 5.65 Å². The summed E-state index contributed by atoms with van der Waals surface area (Å²) in [4.78, 5) is 4.30. The minimum absolute atomic E-state index is 0.542. The molecule has 0 amide bonds. The second-order valence-electron chi connectivity index (χ2n) is 4.20. The van der Waals surface area contributed by atoms with E-state index in [0.717, 1.165) is 37.3 Å². The molecular formula is C11H14N4O. The van der Waals surface area contributed by atoms with Crippen LogP contribution in [0.25, 0.3) is 11.2 Å². The van der Waals surface area contributed by atoms with Crippen LogP contribution in [-0.4, -0.2) is 33.2 Å². The van der Waals surface area contributed by atoms with Gasteiger partial charge in [-0.1, -0.05) is 5.21 Å². The van der Waals surface area contributed by atoms with Crippen molar-refractivity contribution in [2.45, 2.75) is 19.4 Å². The Bertz CT molecular complexity index is 476. The molecule has 3 heterocycles. The molecule has 5 heteroatoms. The van der Waals surface area contributed by atoms with Crippen LogP contribution in [0.5, 0.6) is 0 Å². The molecule has 2 aromatic heterocycles. The lowest BCUT2D eigenvalue weighted by atomic mass is 10.0. The van der Waals surface area contributed by atoms with Gasteiger partial charge in [0.25, 0.3) is 0 Å². The van der Waals surface area contributed by atoms with E-state index in [0.29, 0.717) is 5.92 Å². The molecule has 0 aromatic carbocycles. The molecule has 0 saturated carbocycles. The standard InChI is InChI=1S/C11H14N4O/c1-4-10-11(12-5-1)15(14-13-10)7-9-3-2-6-16-8-9/h1,4-5,9H,2-3,6-8H2. The van der Waals surface area contributed by atoms with Crippen LogP contribution in [0.3, 0.4) is 0 Å². The third kappa shape index (κ3) is 1.78. The van der Waals surface area contributed by atoms with Gasteiger partial charge in [-0.25, -0.2) is 9.67 Å². The van der Waals surface area contributed by atoms with Gasteiger partial charge in [0, 0.05) is 18.7 Å². The molecule has 3 rings (SSSR count). The lowest BCUT2D eigenvalue weighted by Gasteiger charge is -2.21. The fourth-order valence-corrected chi connectivity index (χ4v) is 2.13. The molecule has 1 aliphatic heterocycles. The molecule has 1 unspecified atom stereocenters. The lowest BCUT2D eigenvalue weighted by Crippen LogP contribution is -2.22. The zero-order chi connectivity index (χ0) is 10.8. The molecule has 1 aliphatic rings. The summed E-state index contributed by atoms with van der Waals surface area (Å²) in [5.41, 5.74) is 1.73. The molecule has 84 valence electrons. The summed E-state index contributed by atoms with van der Waals surface area (Å²) in [6.45, 7) is 2.58. The highest BCUT2D eigenvalue weighted by Crippen LogP contribution is 2.17. The maximum atomic E-state index is 5.46. The number of aromatic nitrogens is 4. The van der Waals surface area contributed by atoms with E-state index in [-0.39, 0.29) is 0 Å². The topological polar surface area (TPSA) is 52.8 Å². The highest BCUT2D eigenvalue weighted by Gasteiger charge is 2.16. The van der Waals surface area contributed by atoms with Crippen molar-refractivity contribution in [2.24, 2.45) is 5.92 Å². The van der Waals surface area contributed by atoms with Crippen molar-refractivity contribution in [3.63, 3.8) is 0 Å². The highest BCUT2D eigenvalue weighted by molar-refractivity contribution is 5.68. The summed E-state index contributed by atoms with van der Waals surface area (Å²) in [6.07, 6.45) is 4.12. The maximum Gasteiger partial charge on any atom is 0.178 e. The Balaban J connectivity index is 1.83. The van der Waals surface area contributed by atoms with Gasteiger partial charge in [-0.05, 0) is 25.0 Å². The van der Waals surface area contributed by atoms with Gasteiger partial charge in [0.1, 0.15) is 5.52 Å². The summed E-state index contributed by atoms with van der Waals surface area (Å²) >= 11 is 0. The van der Waals surface area contributed by atoms with Crippen LogP contribution in [0.15, 0.2) is 18.3 Å². The Morgan fingerprint density at radius 2 is 2.50 bits per heavy atom. The number of fused-ring (bicyclic) bond motifs is 1. The summed E-state index contributed by atoms with van der Waals surface area (Å²) in [6, 6.07) is 3.81. The van der Waals surface area contributed by atoms with Crippen molar-refractivity contribution in [1.82, 2.24) is 20.0 Å². The predicted octanol–water partition coefficient (Wildman–Crippen LogP) is 1.25. The summed E-state index contributed by atoms with van der Waals surface area (Å²) in [5, 5.41) is 8.23. The van der Waals surface area contributed by atoms with Gasteiger partial charge in [-0.2, -0.15) is 0 Å². The third-order valence-corrected chi connectivity index (χ3v) is 2.96. The Morgan fingerprint density at radius 1 is 1.50 bits per heavy atom. The number of hydrogen-bond acceptors (Lipinski definition) is 4. The second kappa shape index (κ2) is 4.17. The smallest absolute Gasteiger partial charge is 0.178 e. The van der Waals surface area contributed by atoms with Crippen LogP contribution in [0.2, 0.25) is 0 Å². The van der Waals surface area contributed by atoms with Crippen molar-refractivity contribution in [3.05, 3.63) is 18.3 Å². The minimum Gasteiger partial charge on any atom is -0.381 e. The van der Waals surface area contributed by atoms with Gasteiger partial charge < -0.3 is 4.74 Å². The van der Waals surface area contributed by atoms with Gasteiger partial charge in [0.2, 0.25) is 0 Å². The molecule has 0 radical (unpaired) electrons. The van der Waals surface area contributed by atoms with Gasteiger partial charge >= 0.3 is 0 Å². The fourth-order valence-electron chi connectivity index (χ4n) is 2.13. The first-order valence-electron chi connectivity index (χ1n) is 5.65. The van der Waals surface area contributed by atoms with E-state index in [4.69, 9.17) is 4.74 Å². The number of pyridine rings is 1. The van der Waals surface area contributed by atoms with Gasteiger partial charge in [-0.15, -0.1) is 5.10 Å². The van der Waals surface area contributed by atoms with Crippen LogP contribution in [-0.2, 0) is 11.3 Å². The maximum absolute atomic E-state index is 5.46. The Morgan fingerprint density at radius 3 is 3.38 bits per heavy atom. The van der Waals surface area contributed by atoms with Crippen LogP contribution in [0.1, 0.15) is 12.8 Å². The van der Waals surface area contributed by atoms with Crippen molar-refractivity contribution < 1.29 is 4.74 Å². The lowest BCUT2D eigenvalue weighted by molar-refractivity contribution is 0.0472. The summed E-state index contributed by atoms with van der Waals surface area (Å²) in [5.74, 6) is 0.542. The largest absolute Gasteiger partial charge is 0.381 e. The van der Waals surface area contributed by atoms with E-state index in [1.54, 1.807) is 6.20 Å². The molecule has 1 atom stereocenters. The van der Waals surface area contributed by atoms with E-state index in [1.807, 2.05) is 16.8 Å². The molecule has 0 aliphatic carbocycles. The Kier molecular flexibility index (Phi) is 2.53. The second-order valence-corrected chi connectivity index (χ2v) is 4.20. The molecule has 5 nitrogen and oxygen atoms in total. The number of ether oxygens (including phenoxy) is 1. The van der Waals surface area contributed by atoms with Crippen molar-refractivity contribution in [2.75, 3.05) is 13.2 Å². The number of rotatable bonds is 2. The van der Waals surface area contributed by atoms with Gasteiger partial charge in [0.05, 0.1) is 13.2 Å². The van der Waals surface area contributed by atoms with E-state index in [2.05, 4.69) is 15.3 Å². The van der Waals surface area contributed by atoms with E-state index in [1.165, 1.54) is 6.42 Å². The first-order chi connectivity index (χ1) is 7.93. The van der Waals surface area contributed by atoms with Crippen LogP contribution >= 0.6 is 0 Å². The van der Waals surface area contributed by atoms with Crippen molar-refractivity contribution in [1.29, 1.82) is 0 Å². The first-order valence-corrected chi connectivity index (χ1v) is 5.65. The van der Waals surface area contributed by atoms with Gasteiger partial charge in [-0.3, -0.25) is 0 Å². The quantitative estimate of drug-likeness (QED) is 0.761. The fraction of sp³-hybridized carbons (Fsp3) is 0.545. The zero-order valence-corrected chi connectivity index (χ0v) is 9.04. The molecular weight excluding hydrogens is 204 g/mol. The number of hydrogen-bond donors (Lipinski definition) is 0. The number of nitrogens with zero attached hydrogens (tertiary/aromatic N) is 4. The van der Waals surface area contributed by atoms with E-state index >= 15 is 0 Å². The zero-order valence-electron chi connectivity index (χ0n) is 9.04. The van der Waals surface area contributed by atoms with Crippen LogP contribution in [0, 0.1) is 5.92 Å². The highest BCUT2D eigenvalue weighted by atomic mass is 16.5. The summed E-state index contributed by atoms with van der Waals surface area (Å²) < 4.78 is 7.34. The average molecular weight is 218 g/mol. The Hall–Kier alpha value is -1.49. The SMILES string of the molecule is c1cnc2c(c1)nnn2CC1CCCOC1. The molecule has 1 fully saturated rings. The first kappa shape index (κ1) is 9.72. The molecule has 0 spiro atoms. The van der Waals surface area contributed by atoms with E-state index in [9.17, 15) is 0 Å². The minimum atomic E-state index is 0.542. The molecule has 0 N–H and O–H groups in total. The third-order valence-electron chi connectivity index (χ3n) is 2.96.